The molecule has 0 aliphatic heterocycles. The molecule has 106 valence electrons. The molecule has 7 heteroatoms. The van der Waals surface area contributed by atoms with Gasteiger partial charge in [0.2, 0.25) is 0 Å². The smallest absolute Gasteiger partial charge is 0.326 e. The van der Waals surface area contributed by atoms with Gasteiger partial charge in [-0.15, -0.1) is 0 Å². The SMILES string of the molecule is CCSCCC(C)NC(=O)NC(CCO)C(=O)O. The second kappa shape index (κ2) is 10.0. The third-order valence-corrected chi connectivity index (χ3v) is 3.23. The number of aliphatic hydroxyl groups is 1. The molecule has 0 spiro atoms. The van der Waals surface area contributed by atoms with Gasteiger partial charge in [-0.3, -0.25) is 0 Å². The summed E-state index contributed by atoms with van der Waals surface area (Å²) >= 11 is 1.79. The highest BCUT2D eigenvalue weighted by atomic mass is 32.2. The molecule has 0 heterocycles. The molecule has 0 fully saturated rings. The quantitative estimate of drug-likeness (QED) is 0.464. The van der Waals surface area contributed by atoms with Crippen molar-refractivity contribution in [2.75, 3.05) is 18.1 Å². The zero-order valence-electron chi connectivity index (χ0n) is 10.8. The summed E-state index contributed by atoms with van der Waals surface area (Å²) in [5.41, 5.74) is 0. The van der Waals surface area contributed by atoms with Crippen molar-refractivity contribution in [2.45, 2.75) is 38.8 Å². The van der Waals surface area contributed by atoms with Crippen LogP contribution < -0.4 is 10.6 Å². The minimum absolute atomic E-state index is 0.00280. The van der Waals surface area contributed by atoms with Crippen molar-refractivity contribution >= 4 is 23.8 Å². The van der Waals surface area contributed by atoms with E-state index < -0.39 is 18.0 Å². The Labute approximate surface area is 112 Å². The van der Waals surface area contributed by atoms with E-state index in [-0.39, 0.29) is 19.1 Å². The van der Waals surface area contributed by atoms with Crippen molar-refractivity contribution in [3.8, 4) is 0 Å². The van der Waals surface area contributed by atoms with E-state index in [0.29, 0.717) is 0 Å². The molecule has 0 aromatic rings. The van der Waals surface area contributed by atoms with E-state index in [2.05, 4.69) is 17.6 Å². The number of rotatable bonds is 9. The summed E-state index contributed by atoms with van der Waals surface area (Å²) in [5.74, 6) is 0.848. The first-order chi connectivity index (χ1) is 8.51. The van der Waals surface area contributed by atoms with Crippen LogP contribution in [0.1, 0.15) is 26.7 Å². The lowest BCUT2D eigenvalue weighted by atomic mass is 10.2. The van der Waals surface area contributed by atoms with Crippen molar-refractivity contribution in [3.63, 3.8) is 0 Å². The maximum Gasteiger partial charge on any atom is 0.326 e. The van der Waals surface area contributed by atoms with E-state index in [1.807, 2.05) is 6.92 Å². The van der Waals surface area contributed by atoms with E-state index in [1.165, 1.54) is 0 Å². The monoisotopic (exact) mass is 278 g/mol. The summed E-state index contributed by atoms with van der Waals surface area (Å²) < 4.78 is 0. The lowest BCUT2D eigenvalue weighted by Gasteiger charge is -2.17. The molecule has 2 amide bonds. The van der Waals surface area contributed by atoms with Crippen molar-refractivity contribution in [3.05, 3.63) is 0 Å². The molecule has 2 unspecified atom stereocenters. The number of carboxylic acid groups (broad SMARTS) is 1. The number of urea groups is 1. The first kappa shape index (κ1) is 17.1. The Balaban J connectivity index is 3.96. The van der Waals surface area contributed by atoms with Crippen LogP contribution in [-0.2, 0) is 4.79 Å². The molecule has 2 atom stereocenters. The number of thioether (sulfide) groups is 1. The summed E-state index contributed by atoms with van der Waals surface area (Å²) in [6, 6.07) is -1.57. The molecule has 0 aromatic heterocycles. The molecule has 0 saturated heterocycles. The van der Waals surface area contributed by atoms with Gasteiger partial charge in [0.1, 0.15) is 6.04 Å². The third-order valence-electron chi connectivity index (χ3n) is 2.30. The molecule has 0 aromatic carbocycles. The van der Waals surface area contributed by atoms with Gasteiger partial charge in [-0.2, -0.15) is 11.8 Å². The van der Waals surface area contributed by atoms with Crippen LogP contribution in [0.5, 0.6) is 0 Å². The maximum absolute atomic E-state index is 11.5. The highest BCUT2D eigenvalue weighted by Crippen LogP contribution is 2.03. The van der Waals surface area contributed by atoms with Gasteiger partial charge in [0.15, 0.2) is 0 Å². The van der Waals surface area contributed by atoms with Crippen molar-refractivity contribution in [1.29, 1.82) is 0 Å². The normalized spacial score (nSPS) is 13.7. The number of aliphatic hydroxyl groups excluding tert-OH is 1. The van der Waals surface area contributed by atoms with Crippen LogP contribution in [0.15, 0.2) is 0 Å². The highest BCUT2D eigenvalue weighted by molar-refractivity contribution is 7.99. The predicted octanol–water partition coefficient (Wildman–Crippen LogP) is 0.653. The molecule has 0 aliphatic carbocycles. The molecule has 18 heavy (non-hydrogen) atoms. The standard InChI is InChI=1S/C11H22N2O4S/c1-3-18-7-5-8(2)12-11(17)13-9(4-6-14)10(15)16/h8-9,14H,3-7H2,1-2H3,(H,15,16)(H2,12,13,17). The molecule has 0 rings (SSSR count). The highest BCUT2D eigenvalue weighted by Gasteiger charge is 2.19. The molecule has 6 nitrogen and oxygen atoms in total. The fraction of sp³-hybridized carbons (Fsp3) is 0.818. The van der Waals surface area contributed by atoms with Crippen molar-refractivity contribution in [1.82, 2.24) is 10.6 Å². The Hall–Kier alpha value is -0.950. The fourth-order valence-corrected chi connectivity index (χ4v) is 2.10. The molecular formula is C11H22N2O4S. The Morgan fingerprint density at radius 2 is 1.94 bits per heavy atom. The first-order valence-corrected chi connectivity index (χ1v) is 7.15. The summed E-state index contributed by atoms with van der Waals surface area (Å²) in [6.07, 6.45) is 0.840. The van der Waals surface area contributed by atoms with Crippen molar-refractivity contribution < 1.29 is 19.8 Å². The van der Waals surface area contributed by atoms with Crippen LogP contribution in [0.2, 0.25) is 0 Å². The van der Waals surface area contributed by atoms with E-state index >= 15 is 0 Å². The van der Waals surface area contributed by atoms with Gasteiger partial charge < -0.3 is 20.8 Å². The molecular weight excluding hydrogens is 256 g/mol. The maximum atomic E-state index is 11.5. The van der Waals surface area contributed by atoms with E-state index in [0.717, 1.165) is 17.9 Å². The number of aliphatic carboxylic acids is 1. The van der Waals surface area contributed by atoms with Crippen LogP contribution in [0.4, 0.5) is 4.79 Å². The number of hydrogen-bond donors (Lipinski definition) is 4. The summed E-state index contributed by atoms with van der Waals surface area (Å²) in [7, 11) is 0. The average Bonchev–Trinajstić information content (AvgIpc) is 2.28. The van der Waals surface area contributed by atoms with Crippen LogP contribution in [-0.4, -0.2) is 52.4 Å². The van der Waals surface area contributed by atoms with Crippen LogP contribution in [0.25, 0.3) is 0 Å². The van der Waals surface area contributed by atoms with Crippen molar-refractivity contribution in [2.24, 2.45) is 0 Å². The third kappa shape index (κ3) is 8.19. The molecule has 0 radical (unpaired) electrons. The van der Waals surface area contributed by atoms with E-state index in [9.17, 15) is 9.59 Å². The number of carbonyl (C=O) groups is 2. The van der Waals surface area contributed by atoms with E-state index in [4.69, 9.17) is 10.2 Å². The fourth-order valence-electron chi connectivity index (χ4n) is 1.29. The Kier molecular flexibility index (Phi) is 9.49. The van der Waals surface area contributed by atoms with Crippen LogP contribution in [0, 0.1) is 0 Å². The summed E-state index contributed by atoms with van der Waals surface area (Å²) in [5, 5.41) is 22.5. The van der Waals surface area contributed by atoms with Crippen LogP contribution in [0.3, 0.4) is 0 Å². The molecule has 4 N–H and O–H groups in total. The number of amides is 2. The average molecular weight is 278 g/mol. The van der Waals surface area contributed by atoms with Gasteiger partial charge in [-0.25, -0.2) is 9.59 Å². The first-order valence-electron chi connectivity index (χ1n) is 5.99. The summed E-state index contributed by atoms with van der Waals surface area (Å²) in [4.78, 5) is 22.3. The topological polar surface area (TPSA) is 98.7 Å². The number of nitrogens with one attached hydrogen (secondary N) is 2. The Bertz CT molecular complexity index is 263. The Morgan fingerprint density at radius 3 is 2.44 bits per heavy atom. The number of carbonyl (C=O) groups excluding carboxylic acids is 1. The van der Waals surface area contributed by atoms with Crippen LogP contribution >= 0.6 is 11.8 Å². The Morgan fingerprint density at radius 1 is 1.28 bits per heavy atom. The minimum atomic E-state index is -1.15. The lowest BCUT2D eigenvalue weighted by Crippen LogP contribution is -2.48. The van der Waals surface area contributed by atoms with Gasteiger partial charge in [-0.1, -0.05) is 6.92 Å². The molecule has 0 aliphatic rings. The van der Waals surface area contributed by atoms with E-state index in [1.54, 1.807) is 11.8 Å². The van der Waals surface area contributed by atoms with Gasteiger partial charge in [0.05, 0.1) is 0 Å². The minimum Gasteiger partial charge on any atom is -0.480 e. The second-order valence-electron chi connectivity index (χ2n) is 3.91. The predicted molar refractivity (Wildman–Crippen MR) is 71.9 cm³/mol. The number of carboxylic acids is 1. The number of hydrogen-bond acceptors (Lipinski definition) is 4. The largest absolute Gasteiger partial charge is 0.480 e. The lowest BCUT2D eigenvalue weighted by molar-refractivity contribution is -0.139. The molecule has 0 bridgehead atoms. The van der Waals surface area contributed by atoms with Gasteiger partial charge >= 0.3 is 12.0 Å². The van der Waals surface area contributed by atoms with Gasteiger partial charge in [0, 0.05) is 19.1 Å². The van der Waals surface area contributed by atoms with Gasteiger partial charge in [0.25, 0.3) is 0 Å². The summed E-state index contributed by atoms with van der Waals surface area (Å²) in [6.45, 7) is 3.67. The zero-order valence-corrected chi connectivity index (χ0v) is 11.6. The van der Waals surface area contributed by atoms with Gasteiger partial charge in [-0.05, 0) is 24.9 Å². The molecule has 0 saturated carbocycles. The second-order valence-corrected chi connectivity index (χ2v) is 5.30. The zero-order chi connectivity index (χ0) is 14.0.